The normalized spacial score (nSPS) is 15.0. The molecule has 4 nitrogen and oxygen atoms in total. The van der Waals surface area contributed by atoms with Gasteiger partial charge < -0.3 is 15.3 Å². The van der Waals surface area contributed by atoms with E-state index in [0.29, 0.717) is 0 Å². The van der Waals surface area contributed by atoms with Crippen molar-refractivity contribution in [2.45, 2.75) is 31.8 Å². The molecule has 0 heterocycles. The Morgan fingerprint density at radius 1 is 1.17 bits per heavy atom. The van der Waals surface area contributed by atoms with Crippen molar-refractivity contribution < 1.29 is 9.90 Å². The summed E-state index contributed by atoms with van der Waals surface area (Å²) in [7, 11) is 1.85. The number of nitrogens with zero attached hydrogens (tertiary/aromatic N) is 1. The van der Waals surface area contributed by atoms with Gasteiger partial charge in [0.15, 0.2) is 0 Å². The highest BCUT2D eigenvalue weighted by atomic mass is 16.3. The standard InChI is InChI=1S/C19H22N2O2/c1-13(14-8-5-9-18(22)12-14)20-19(23)21(2)17-10-15-6-3-4-7-16(15)11-17/h3-9,12-13,17,22H,10-11H2,1-2H3,(H,20,23)/t13-/m1/s1. The molecule has 1 aliphatic rings. The number of hydrogen-bond donors (Lipinski definition) is 2. The van der Waals surface area contributed by atoms with Gasteiger partial charge in [-0.1, -0.05) is 36.4 Å². The maximum atomic E-state index is 12.5. The molecule has 1 atom stereocenters. The van der Waals surface area contributed by atoms with Crippen molar-refractivity contribution in [2.75, 3.05) is 7.05 Å². The number of phenolic OH excluding ortho intramolecular Hbond substituents is 1. The van der Waals surface area contributed by atoms with Crippen molar-refractivity contribution in [3.05, 3.63) is 65.2 Å². The molecule has 4 heteroatoms. The zero-order chi connectivity index (χ0) is 16.4. The van der Waals surface area contributed by atoms with E-state index in [1.807, 2.05) is 32.2 Å². The van der Waals surface area contributed by atoms with Crippen LogP contribution in [0.1, 0.15) is 29.7 Å². The third kappa shape index (κ3) is 3.31. The lowest BCUT2D eigenvalue weighted by atomic mass is 10.1. The van der Waals surface area contributed by atoms with Crippen molar-refractivity contribution in [2.24, 2.45) is 0 Å². The Kier molecular flexibility index (Phi) is 4.24. The fourth-order valence-corrected chi connectivity index (χ4v) is 3.14. The highest BCUT2D eigenvalue weighted by molar-refractivity contribution is 5.75. The van der Waals surface area contributed by atoms with Crippen molar-refractivity contribution in [3.8, 4) is 5.75 Å². The predicted molar refractivity (Wildman–Crippen MR) is 90.5 cm³/mol. The van der Waals surface area contributed by atoms with Crippen LogP contribution in [0.15, 0.2) is 48.5 Å². The van der Waals surface area contributed by atoms with E-state index in [4.69, 9.17) is 0 Å². The predicted octanol–water partition coefficient (Wildman–Crippen LogP) is 3.26. The van der Waals surface area contributed by atoms with Crippen molar-refractivity contribution in [3.63, 3.8) is 0 Å². The molecular weight excluding hydrogens is 288 g/mol. The molecule has 120 valence electrons. The van der Waals surface area contributed by atoms with Gasteiger partial charge in [-0.3, -0.25) is 0 Å². The van der Waals surface area contributed by atoms with Gasteiger partial charge in [0.25, 0.3) is 0 Å². The molecule has 0 fully saturated rings. The maximum Gasteiger partial charge on any atom is 0.317 e. The Bertz CT molecular complexity index is 689. The number of rotatable bonds is 3. The molecule has 1 aliphatic carbocycles. The Balaban J connectivity index is 1.62. The number of nitrogens with one attached hydrogen (secondary N) is 1. The van der Waals surface area contributed by atoms with E-state index in [2.05, 4.69) is 17.4 Å². The number of benzene rings is 2. The minimum absolute atomic E-state index is 0.0846. The third-order valence-electron chi connectivity index (χ3n) is 4.61. The zero-order valence-electron chi connectivity index (χ0n) is 13.5. The van der Waals surface area contributed by atoms with Gasteiger partial charge in [0, 0.05) is 13.1 Å². The molecule has 2 aromatic carbocycles. The fraction of sp³-hybridized carbons (Fsp3) is 0.316. The topological polar surface area (TPSA) is 52.6 Å². The van der Waals surface area contributed by atoms with Gasteiger partial charge in [-0.2, -0.15) is 0 Å². The number of carbonyl (C=O) groups is 1. The third-order valence-corrected chi connectivity index (χ3v) is 4.61. The second kappa shape index (κ2) is 6.32. The molecule has 0 unspecified atom stereocenters. The second-order valence-corrected chi connectivity index (χ2v) is 6.21. The van der Waals surface area contributed by atoms with E-state index in [-0.39, 0.29) is 23.9 Å². The Hall–Kier alpha value is -2.49. The van der Waals surface area contributed by atoms with Crippen LogP contribution in [0, 0.1) is 0 Å². The van der Waals surface area contributed by atoms with E-state index in [1.165, 1.54) is 11.1 Å². The summed E-state index contributed by atoms with van der Waals surface area (Å²) in [5.41, 5.74) is 3.55. The molecule has 0 saturated heterocycles. The molecule has 3 rings (SSSR count). The zero-order valence-corrected chi connectivity index (χ0v) is 13.5. The minimum Gasteiger partial charge on any atom is -0.508 e. The number of hydrogen-bond acceptors (Lipinski definition) is 2. The van der Waals surface area contributed by atoms with Gasteiger partial charge in [-0.15, -0.1) is 0 Å². The SMILES string of the molecule is C[C@@H](NC(=O)N(C)C1Cc2ccccc2C1)c1cccc(O)c1. The van der Waals surface area contributed by atoms with Crippen molar-refractivity contribution >= 4 is 6.03 Å². The number of fused-ring (bicyclic) bond motifs is 1. The maximum absolute atomic E-state index is 12.5. The van der Waals surface area contributed by atoms with Crippen molar-refractivity contribution in [1.82, 2.24) is 10.2 Å². The van der Waals surface area contributed by atoms with Crippen LogP contribution in [0.4, 0.5) is 4.79 Å². The van der Waals surface area contributed by atoms with Gasteiger partial charge in [-0.05, 0) is 48.6 Å². The average molecular weight is 310 g/mol. The van der Waals surface area contributed by atoms with Gasteiger partial charge in [0.1, 0.15) is 5.75 Å². The summed E-state index contributed by atoms with van der Waals surface area (Å²) in [6.07, 6.45) is 1.81. The summed E-state index contributed by atoms with van der Waals surface area (Å²) < 4.78 is 0. The molecule has 0 saturated carbocycles. The highest BCUT2D eigenvalue weighted by Crippen LogP contribution is 2.25. The first-order chi connectivity index (χ1) is 11.0. The summed E-state index contributed by atoms with van der Waals surface area (Å²) >= 11 is 0. The van der Waals surface area contributed by atoms with E-state index in [0.717, 1.165) is 18.4 Å². The summed E-state index contributed by atoms with van der Waals surface area (Å²) in [5.74, 6) is 0.211. The van der Waals surface area contributed by atoms with E-state index >= 15 is 0 Å². The first kappa shape index (κ1) is 15.4. The van der Waals surface area contributed by atoms with E-state index in [1.54, 1.807) is 23.1 Å². The van der Waals surface area contributed by atoms with Gasteiger partial charge in [0.05, 0.1) is 6.04 Å². The lowest BCUT2D eigenvalue weighted by molar-refractivity contribution is 0.188. The van der Waals surface area contributed by atoms with Gasteiger partial charge in [-0.25, -0.2) is 4.79 Å². The number of likely N-dealkylation sites (N-methyl/N-ethyl adjacent to an activating group) is 1. The summed E-state index contributed by atoms with van der Waals surface area (Å²) in [6.45, 7) is 1.92. The Labute approximate surface area is 136 Å². The first-order valence-corrected chi connectivity index (χ1v) is 7.93. The lowest BCUT2D eigenvalue weighted by Crippen LogP contribution is -2.44. The second-order valence-electron chi connectivity index (χ2n) is 6.21. The quantitative estimate of drug-likeness (QED) is 0.914. The number of carbonyl (C=O) groups excluding carboxylic acids is 1. The van der Waals surface area contributed by atoms with Crippen LogP contribution in [0.3, 0.4) is 0 Å². The molecule has 2 aromatic rings. The summed E-state index contributed by atoms with van der Waals surface area (Å²) in [6, 6.07) is 15.3. The Morgan fingerprint density at radius 2 is 1.83 bits per heavy atom. The Morgan fingerprint density at radius 3 is 2.43 bits per heavy atom. The van der Waals surface area contributed by atoms with Crippen LogP contribution >= 0.6 is 0 Å². The molecule has 0 spiro atoms. The lowest BCUT2D eigenvalue weighted by Gasteiger charge is -2.26. The summed E-state index contributed by atoms with van der Waals surface area (Å²) in [4.78, 5) is 14.3. The molecule has 2 N–H and O–H groups in total. The van der Waals surface area contributed by atoms with Gasteiger partial charge in [0.2, 0.25) is 0 Å². The molecular formula is C19H22N2O2. The van der Waals surface area contributed by atoms with Gasteiger partial charge >= 0.3 is 6.03 Å². The van der Waals surface area contributed by atoms with Crippen LogP contribution in [-0.4, -0.2) is 29.1 Å². The number of amides is 2. The molecule has 0 radical (unpaired) electrons. The smallest absolute Gasteiger partial charge is 0.317 e. The fourth-order valence-electron chi connectivity index (χ4n) is 3.14. The van der Waals surface area contributed by atoms with Crippen LogP contribution < -0.4 is 5.32 Å². The molecule has 0 aliphatic heterocycles. The number of phenols is 1. The summed E-state index contributed by atoms with van der Waals surface area (Å²) in [5, 5.41) is 12.6. The number of urea groups is 1. The van der Waals surface area contributed by atoms with Crippen LogP contribution in [0.5, 0.6) is 5.75 Å². The van der Waals surface area contributed by atoms with Crippen LogP contribution in [-0.2, 0) is 12.8 Å². The monoisotopic (exact) mass is 310 g/mol. The molecule has 0 bridgehead atoms. The molecule has 0 aromatic heterocycles. The van der Waals surface area contributed by atoms with Crippen LogP contribution in [0.25, 0.3) is 0 Å². The molecule has 23 heavy (non-hydrogen) atoms. The average Bonchev–Trinajstić information content (AvgIpc) is 2.98. The molecule has 2 amide bonds. The number of aromatic hydroxyl groups is 1. The highest BCUT2D eigenvalue weighted by Gasteiger charge is 2.27. The van der Waals surface area contributed by atoms with E-state index in [9.17, 15) is 9.90 Å². The van der Waals surface area contributed by atoms with E-state index < -0.39 is 0 Å². The minimum atomic E-state index is -0.152. The van der Waals surface area contributed by atoms with Crippen LogP contribution in [0.2, 0.25) is 0 Å². The first-order valence-electron chi connectivity index (χ1n) is 7.93. The largest absolute Gasteiger partial charge is 0.508 e. The van der Waals surface area contributed by atoms with Crippen molar-refractivity contribution in [1.29, 1.82) is 0 Å².